The first-order chi connectivity index (χ1) is 15.5. The summed E-state index contributed by atoms with van der Waals surface area (Å²) in [5, 5.41) is 6.78. The predicted molar refractivity (Wildman–Crippen MR) is 119 cm³/mol. The van der Waals surface area contributed by atoms with Crippen molar-refractivity contribution in [2.24, 2.45) is 0 Å². The Labute approximate surface area is 187 Å². The third-order valence-corrected chi connectivity index (χ3v) is 4.87. The van der Waals surface area contributed by atoms with Crippen LogP contribution < -0.4 is 19.5 Å². The lowest BCUT2D eigenvalue weighted by atomic mass is 10.2. The van der Waals surface area contributed by atoms with Crippen LogP contribution in [-0.2, 0) is 19.4 Å². The zero-order chi connectivity index (χ0) is 22.9. The average molecular weight is 441 g/mol. The van der Waals surface area contributed by atoms with Gasteiger partial charge in [0.05, 0.1) is 19.9 Å². The van der Waals surface area contributed by atoms with Gasteiger partial charge >= 0.3 is 6.03 Å². The zero-order valence-electron chi connectivity index (χ0n) is 18.8. The molecule has 0 aliphatic rings. The van der Waals surface area contributed by atoms with Crippen LogP contribution in [0.2, 0.25) is 0 Å². The lowest BCUT2D eigenvalue weighted by molar-refractivity contribution is 0.222. The Morgan fingerprint density at radius 1 is 1.09 bits per heavy atom. The number of ether oxygens (including phenoxy) is 3. The highest BCUT2D eigenvalue weighted by molar-refractivity contribution is 5.91. The number of aromatic nitrogens is 2. The Morgan fingerprint density at radius 3 is 2.53 bits per heavy atom. The van der Waals surface area contributed by atoms with Gasteiger partial charge in [-0.05, 0) is 36.2 Å². The molecule has 9 heteroatoms. The first-order valence-corrected chi connectivity index (χ1v) is 10.3. The summed E-state index contributed by atoms with van der Waals surface area (Å²) in [5.41, 5.74) is 1.77. The fraction of sp³-hybridized carbons (Fsp3) is 0.348. The van der Waals surface area contributed by atoms with Gasteiger partial charge in [-0.2, -0.15) is 4.98 Å². The SMILES string of the molecule is CCc1ccc(OCc2nc(CCN(C)C(=O)Nc3cc(OC)ccc3OC)no2)cc1. The largest absolute Gasteiger partial charge is 0.497 e. The van der Waals surface area contributed by atoms with Gasteiger partial charge in [-0.1, -0.05) is 24.2 Å². The van der Waals surface area contributed by atoms with E-state index in [1.54, 1.807) is 39.5 Å². The monoisotopic (exact) mass is 440 g/mol. The number of nitrogens with zero attached hydrogens (tertiary/aromatic N) is 3. The molecule has 0 aliphatic carbocycles. The number of nitrogens with one attached hydrogen (secondary N) is 1. The molecule has 170 valence electrons. The zero-order valence-corrected chi connectivity index (χ0v) is 18.8. The van der Waals surface area contributed by atoms with E-state index < -0.39 is 0 Å². The van der Waals surface area contributed by atoms with Crippen molar-refractivity contribution in [2.75, 3.05) is 33.1 Å². The molecule has 0 radical (unpaired) electrons. The van der Waals surface area contributed by atoms with E-state index >= 15 is 0 Å². The van der Waals surface area contributed by atoms with Crippen LogP contribution in [0.1, 0.15) is 24.2 Å². The molecule has 0 bridgehead atoms. The molecule has 1 N–H and O–H groups in total. The second-order valence-corrected chi connectivity index (χ2v) is 7.06. The molecule has 0 atom stereocenters. The van der Waals surface area contributed by atoms with Crippen molar-refractivity contribution < 1.29 is 23.5 Å². The second kappa shape index (κ2) is 11.0. The average Bonchev–Trinajstić information content (AvgIpc) is 3.29. The standard InChI is InChI=1S/C23H28N4O5/c1-5-16-6-8-17(9-7-16)31-15-22-25-21(26-32-22)12-13-27(2)23(28)24-19-14-18(29-3)10-11-20(19)30-4/h6-11,14H,5,12-13,15H2,1-4H3,(H,24,28). The van der Waals surface area contributed by atoms with Crippen molar-refractivity contribution in [2.45, 2.75) is 26.4 Å². The number of carbonyl (C=O) groups is 1. The Kier molecular flexibility index (Phi) is 7.91. The lowest BCUT2D eigenvalue weighted by Gasteiger charge is -2.18. The van der Waals surface area contributed by atoms with E-state index in [-0.39, 0.29) is 12.6 Å². The van der Waals surface area contributed by atoms with Gasteiger partial charge in [-0.15, -0.1) is 0 Å². The molecule has 0 spiro atoms. The molecule has 0 aliphatic heterocycles. The van der Waals surface area contributed by atoms with Gasteiger partial charge in [-0.3, -0.25) is 0 Å². The fourth-order valence-corrected chi connectivity index (χ4v) is 2.91. The summed E-state index contributed by atoms with van der Waals surface area (Å²) in [5.74, 6) is 2.79. The summed E-state index contributed by atoms with van der Waals surface area (Å²) in [4.78, 5) is 18.4. The van der Waals surface area contributed by atoms with Crippen molar-refractivity contribution in [3.05, 3.63) is 59.7 Å². The van der Waals surface area contributed by atoms with Crippen molar-refractivity contribution >= 4 is 11.7 Å². The minimum absolute atomic E-state index is 0.185. The minimum Gasteiger partial charge on any atom is -0.497 e. The number of benzene rings is 2. The maximum atomic E-state index is 12.5. The van der Waals surface area contributed by atoms with Crippen molar-refractivity contribution in [3.63, 3.8) is 0 Å². The van der Waals surface area contributed by atoms with E-state index in [1.165, 1.54) is 10.5 Å². The van der Waals surface area contributed by atoms with Gasteiger partial charge in [0.2, 0.25) is 0 Å². The normalized spacial score (nSPS) is 10.5. The maximum absolute atomic E-state index is 12.5. The quantitative estimate of drug-likeness (QED) is 0.510. The number of rotatable bonds is 10. The first kappa shape index (κ1) is 22.9. The molecule has 0 unspecified atom stereocenters. The third-order valence-electron chi connectivity index (χ3n) is 4.87. The number of anilines is 1. The molecule has 32 heavy (non-hydrogen) atoms. The van der Waals surface area contributed by atoms with Crippen LogP contribution in [0.3, 0.4) is 0 Å². The highest BCUT2D eigenvalue weighted by Crippen LogP contribution is 2.29. The van der Waals surface area contributed by atoms with Crippen LogP contribution in [-0.4, -0.2) is 48.9 Å². The molecule has 3 rings (SSSR count). The Hall–Kier alpha value is -3.75. The van der Waals surface area contributed by atoms with E-state index in [0.29, 0.717) is 41.9 Å². The summed E-state index contributed by atoms with van der Waals surface area (Å²) >= 11 is 0. The van der Waals surface area contributed by atoms with E-state index in [1.807, 2.05) is 24.3 Å². The highest BCUT2D eigenvalue weighted by Gasteiger charge is 2.15. The molecule has 0 fully saturated rings. The number of urea groups is 1. The second-order valence-electron chi connectivity index (χ2n) is 7.06. The molecule has 0 saturated carbocycles. The molecular formula is C23H28N4O5. The number of carbonyl (C=O) groups excluding carboxylic acids is 1. The molecule has 0 saturated heterocycles. The van der Waals surface area contributed by atoms with Gasteiger partial charge in [0, 0.05) is 26.1 Å². The molecular weight excluding hydrogens is 412 g/mol. The molecule has 1 aromatic heterocycles. The van der Waals surface area contributed by atoms with E-state index in [4.69, 9.17) is 18.7 Å². The van der Waals surface area contributed by atoms with Gasteiger partial charge in [0.25, 0.3) is 5.89 Å². The Morgan fingerprint density at radius 2 is 1.84 bits per heavy atom. The smallest absolute Gasteiger partial charge is 0.321 e. The van der Waals surface area contributed by atoms with Crippen LogP contribution >= 0.6 is 0 Å². The molecule has 3 aromatic rings. The summed E-state index contributed by atoms with van der Waals surface area (Å²) in [6.45, 7) is 2.69. The van der Waals surface area contributed by atoms with Crippen molar-refractivity contribution in [1.29, 1.82) is 0 Å². The van der Waals surface area contributed by atoms with Gasteiger partial charge in [0.15, 0.2) is 12.4 Å². The summed E-state index contributed by atoms with van der Waals surface area (Å²) in [6.07, 6.45) is 1.42. The topological polar surface area (TPSA) is 99.0 Å². The summed E-state index contributed by atoms with van der Waals surface area (Å²) < 4.78 is 21.4. The minimum atomic E-state index is -0.292. The van der Waals surface area contributed by atoms with E-state index in [0.717, 1.165) is 12.2 Å². The summed E-state index contributed by atoms with van der Waals surface area (Å²) in [7, 11) is 4.79. The number of methoxy groups -OCH3 is 2. The lowest BCUT2D eigenvalue weighted by Crippen LogP contribution is -2.33. The van der Waals surface area contributed by atoms with Crippen molar-refractivity contribution in [3.8, 4) is 17.2 Å². The number of amides is 2. The number of likely N-dealkylation sites (N-methyl/N-ethyl adjacent to an activating group) is 1. The van der Waals surface area contributed by atoms with Crippen LogP contribution in [0, 0.1) is 0 Å². The first-order valence-electron chi connectivity index (χ1n) is 10.3. The molecule has 9 nitrogen and oxygen atoms in total. The van der Waals surface area contributed by atoms with Crippen LogP contribution in [0.25, 0.3) is 0 Å². The number of aryl methyl sites for hydroxylation is 1. The van der Waals surface area contributed by atoms with E-state index in [9.17, 15) is 4.79 Å². The van der Waals surface area contributed by atoms with Crippen LogP contribution in [0.4, 0.5) is 10.5 Å². The van der Waals surface area contributed by atoms with E-state index in [2.05, 4.69) is 22.4 Å². The van der Waals surface area contributed by atoms with Crippen LogP contribution in [0.5, 0.6) is 17.2 Å². The number of hydrogen-bond donors (Lipinski definition) is 1. The predicted octanol–water partition coefficient (Wildman–Crippen LogP) is 3.93. The van der Waals surface area contributed by atoms with Gasteiger partial charge < -0.3 is 29.0 Å². The Balaban J connectivity index is 1.49. The summed E-state index contributed by atoms with van der Waals surface area (Å²) in [6, 6.07) is 12.8. The molecule has 1 heterocycles. The van der Waals surface area contributed by atoms with Gasteiger partial charge in [0.1, 0.15) is 17.2 Å². The molecule has 2 amide bonds. The number of hydrogen-bond acceptors (Lipinski definition) is 7. The maximum Gasteiger partial charge on any atom is 0.321 e. The fourth-order valence-electron chi connectivity index (χ4n) is 2.91. The molecule has 2 aromatic carbocycles. The highest BCUT2D eigenvalue weighted by atomic mass is 16.5. The Bertz CT molecular complexity index is 1020. The van der Waals surface area contributed by atoms with Crippen molar-refractivity contribution in [1.82, 2.24) is 15.0 Å². The third kappa shape index (κ3) is 6.13. The van der Waals surface area contributed by atoms with Crippen LogP contribution in [0.15, 0.2) is 47.0 Å². The van der Waals surface area contributed by atoms with Gasteiger partial charge in [-0.25, -0.2) is 4.79 Å².